The van der Waals surface area contributed by atoms with Crippen molar-refractivity contribution in [3.63, 3.8) is 0 Å². The third-order valence-corrected chi connectivity index (χ3v) is 2.51. The van der Waals surface area contributed by atoms with Crippen molar-refractivity contribution >= 4 is 5.97 Å². The molecule has 1 rings (SSSR count). The number of aryl methyl sites for hydroxylation is 2. The molecule has 1 aromatic rings. The minimum Gasteiger partial charge on any atom is -0.481 e. The minimum absolute atomic E-state index is 0.359. The Morgan fingerprint density at radius 3 is 2.94 bits per heavy atom. The van der Waals surface area contributed by atoms with E-state index in [1.165, 1.54) is 0 Å². The highest BCUT2D eigenvalue weighted by Gasteiger charge is 2.11. The molecule has 5 heteroatoms. The summed E-state index contributed by atoms with van der Waals surface area (Å²) in [6.45, 7) is 4.91. The van der Waals surface area contributed by atoms with Gasteiger partial charge < -0.3 is 10.4 Å². The van der Waals surface area contributed by atoms with E-state index < -0.39 is 5.97 Å². The van der Waals surface area contributed by atoms with Gasteiger partial charge in [0.2, 0.25) is 0 Å². The number of carboxylic acids is 1. The van der Waals surface area contributed by atoms with Gasteiger partial charge in [-0.2, -0.15) is 5.10 Å². The molecule has 1 heterocycles. The van der Waals surface area contributed by atoms with Gasteiger partial charge in [-0.05, 0) is 6.42 Å². The first-order valence-corrected chi connectivity index (χ1v) is 5.49. The number of carbonyl (C=O) groups is 1. The summed E-state index contributed by atoms with van der Waals surface area (Å²) in [5.41, 5.74) is 2.21. The van der Waals surface area contributed by atoms with Gasteiger partial charge in [0.05, 0.1) is 11.6 Å². The van der Waals surface area contributed by atoms with Crippen molar-refractivity contribution in [3.8, 4) is 0 Å². The quantitative estimate of drug-likeness (QED) is 0.751. The number of aliphatic carboxylic acids is 1. The van der Waals surface area contributed by atoms with Gasteiger partial charge in [0.15, 0.2) is 0 Å². The van der Waals surface area contributed by atoms with Crippen molar-refractivity contribution in [2.24, 2.45) is 13.0 Å². The summed E-state index contributed by atoms with van der Waals surface area (Å²) in [4.78, 5) is 10.6. The highest BCUT2D eigenvalue weighted by atomic mass is 16.4. The molecular formula is C11H19N3O2. The fourth-order valence-electron chi connectivity index (χ4n) is 1.54. The van der Waals surface area contributed by atoms with Crippen molar-refractivity contribution in [1.82, 2.24) is 15.1 Å². The molecule has 0 radical (unpaired) electrons. The maximum atomic E-state index is 10.6. The number of hydrogen-bond acceptors (Lipinski definition) is 3. The highest BCUT2D eigenvalue weighted by Crippen LogP contribution is 2.06. The highest BCUT2D eigenvalue weighted by molar-refractivity contribution is 5.69. The Morgan fingerprint density at radius 2 is 2.38 bits per heavy atom. The molecule has 2 N–H and O–H groups in total. The summed E-state index contributed by atoms with van der Waals surface area (Å²) < 4.78 is 1.79. The van der Waals surface area contributed by atoms with E-state index in [0.717, 1.165) is 17.7 Å². The van der Waals surface area contributed by atoms with Crippen LogP contribution in [0.25, 0.3) is 0 Å². The summed E-state index contributed by atoms with van der Waals surface area (Å²) in [6.07, 6.45) is 2.86. The molecule has 0 bridgehead atoms. The first kappa shape index (κ1) is 12.7. The smallest absolute Gasteiger partial charge is 0.307 e. The molecule has 90 valence electrons. The Hall–Kier alpha value is -1.36. The largest absolute Gasteiger partial charge is 0.481 e. The van der Waals surface area contributed by atoms with Crippen LogP contribution in [0, 0.1) is 5.92 Å². The molecule has 1 aromatic heterocycles. The Kier molecular flexibility index (Phi) is 4.49. The van der Waals surface area contributed by atoms with E-state index in [0.29, 0.717) is 13.1 Å². The molecule has 0 saturated carbocycles. The van der Waals surface area contributed by atoms with E-state index >= 15 is 0 Å². The second-order valence-electron chi connectivity index (χ2n) is 4.00. The van der Waals surface area contributed by atoms with Crippen LogP contribution < -0.4 is 5.32 Å². The molecule has 5 nitrogen and oxygen atoms in total. The summed E-state index contributed by atoms with van der Waals surface area (Å²) in [6, 6.07) is 0. The molecule has 0 spiro atoms. The fraction of sp³-hybridized carbons (Fsp3) is 0.636. The van der Waals surface area contributed by atoms with E-state index in [4.69, 9.17) is 5.11 Å². The van der Waals surface area contributed by atoms with Crippen LogP contribution in [0.2, 0.25) is 0 Å². The second kappa shape index (κ2) is 5.65. The van der Waals surface area contributed by atoms with Crippen LogP contribution in [-0.2, 0) is 24.8 Å². The third kappa shape index (κ3) is 3.34. The summed E-state index contributed by atoms with van der Waals surface area (Å²) in [5.74, 6) is -1.13. The van der Waals surface area contributed by atoms with E-state index in [1.807, 2.05) is 13.2 Å². The molecule has 0 saturated heterocycles. The van der Waals surface area contributed by atoms with Gasteiger partial charge in [0, 0.05) is 31.9 Å². The Labute approximate surface area is 95.5 Å². The van der Waals surface area contributed by atoms with E-state index in [9.17, 15) is 4.79 Å². The molecule has 16 heavy (non-hydrogen) atoms. The van der Waals surface area contributed by atoms with Crippen LogP contribution in [0.15, 0.2) is 6.20 Å². The standard InChI is InChI=1S/C11H19N3O2/c1-4-10-9(7-14(3)13-10)6-12-5-8(2)11(15)16/h7-8,12H,4-6H2,1-3H3,(H,15,16). The van der Waals surface area contributed by atoms with Crippen LogP contribution in [0.3, 0.4) is 0 Å². The lowest BCUT2D eigenvalue weighted by atomic mass is 10.1. The summed E-state index contributed by atoms with van der Waals surface area (Å²) in [5, 5.41) is 16.2. The van der Waals surface area contributed by atoms with Gasteiger partial charge in [0.1, 0.15) is 0 Å². The van der Waals surface area contributed by atoms with Gasteiger partial charge in [0.25, 0.3) is 0 Å². The van der Waals surface area contributed by atoms with Crippen LogP contribution >= 0.6 is 0 Å². The lowest BCUT2D eigenvalue weighted by Crippen LogP contribution is -2.26. The van der Waals surface area contributed by atoms with Gasteiger partial charge in [-0.1, -0.05) is 13.8 Å². The first-order chi connectivity index (χ1) is 7.54. The van der Waals surface area contributed by atoms with Crippen LogP contribution in [-0.4, -0.2) is 27.4 Å². The average Bonchev–Trinajstić information content (AvgIpc) is 2.58. The Bertz CT molecular complexity index is 360. The molecule has 0 amide bonds. The molecule has 0 aliphatic carbocycles. The summed E-state index contributed by atoms with van der Waals surface area (Å²) in [7, 11) is 1.89. The van der Waals surface area contributed by atoms with Crippen molar-refractivity contribution in [2.45, 2.75) is 26.8 Å². The topological polar surface area (TPSA) is 67.2 Å². The van der Waals surface area contributed by atoms with Gasteiger partial charge in [-0.3, -0.25) is 9.48 Å². The van der Waals surface area contributed by atoms with Crippen molar-refractivity contribution in [1.29, 1.82) is 0 Å². The monoisotopic (exact) mass is 225 g/mol. The molecule has 0 aliphatic rings. The lowest BCUT2D eigenvalue weighted by molar-refractivity contribution is -0.140. The normalized spacial score (nSPS) is 12.7. The van der Waals surface area contributed by atoms with Gasteiger partial charge >= 0.3 is 5.97 Å². The zero-order chi connectivity index (χ0) is 12.1. The molecular weight excluding hydrogens is 206 g/mol. The van der Waals surface area contributed by atoms with Crippen molar-refractivity contribution in [3.05, 3.63) is 17.5 Å². The van der Waals surface area contributed by atoms with E-state index in [1.54, 1.807) is 11.6 Å². The predicted molar refractivity (Wildman–Crippen MR) is 61.1 cm³/mol. The third-order valence-electron chi connectivity index (χ3n) is 2.51. The Balaban J connectivity index is 2.45. The first-order valence-electron chi connectivity index (χ1n) is 5.49. The van der Waals surface area contributed by atoms with Gasteiger partial charge in [-0.25, -0.2) is 0 Å². The lowest BCUT2D eigenvalue weighted by Gasteiger charge is -2.07. The maximum absolute atomic E-state index is 10.6. The zero-order valence-corrected chi connectivity index (χ0v) is 10.0. The average molecular weight is 225 g/mol. The number of nitrogens with zero attached hydrogens (tertiary/aromatic N) is 2. The van der Waals surface area contributed by atoms with Crippen molar-refractivity contribution in [2.75, 3.05) is 6.54 Å². The van der Waals surface area contributed by atoms with E-state index in [-0.39, 0.29) is 5.92 Å². The predicted octanol–water partition coefficient (Wildman–Crippen LogP) is 0.793. The number of hydrogen-bond donors (Lipinski definition) is 2. The second-order valence-corrected chi connectivity index (χ2v) is 4.00. The molecule has 0 fully saturated rings. The molecule has 1 atom stereocenters. The fourth-order valence-corrected chi connectivity index (χ4v) is 1.54. The van der Waals surface area contributed by atoms with Crippen LogP contribution in [0.4, 0.5) is 0 Å². The minimum atomic E-state index is -0.769. The molecule has 0 aliphatic heterocycles. The maximum Gasteiger partial charge on any atom is 0.307 e. The number of nitrogens with one attached hydrogen (secondary N) is 1. The zero-order valence-electron chi connectivity index (χ0n) is 10.0. The molecule has 0 aromatic carbocycles. The number of aromatic nitrogens is 2. The van der Waals surface area contributed by atoms with Gasteiger partial charge in [-0.15, -0.1) is 0 Å². The SMILES string of the molecule is CCc1nn(C)cc1CNCC(C)C(=O)O. The van der Waals surface area contributed by atoms with Crippen LogP contribution in [0.1, 0.15) is 25.1 Å². The molecule has 1 unspecified atom stereocenters. The van der Waals surface area contributed by atoms with Crippen molar-refractivity contribution < 1.29 is 9.90 Å². The van der Waals surface area contributed by atoms with Crippen LogP contribution in [0.5, 0.6) is 0 Å². The van der Waals surface area contributed by atoms with E-state index in [2.05, 4.69) is 17.3 Å². The summed E-state index contributed by atoms with van der Waals surface area (Å²) >= 11 is 0. The number of rotatable bonds is 6. The number of carboxylic acid groups (broad SMARTS) is 1. The Morgan fingerprint density at radius 1 is 1.69 bits per heavy atom.